The Bertz CT molecular complexity index is 506. The van der Waals surface area contributed by atoms with Crippen LogP contribution in [0.1, 0.15) is 19.8 Å². The maximum atomic E-state index is 12.3. The smallest absolute Gasteiger partial charge is 0.307 e. The highest BCUT2D eigenvalue weighted by Gasteiger charge is 2.16. The lowest BCUT2D eigenvalue weighted by Gasteiger charge is -2.22. The molecule has 0 aliphatic rings. The topological polar surface area (TPSA) is 65.1 Å². The van der Waals surface area contributed by atoms with E-state index in [4.69, 9.17) is 25.8 Å². The van der Waals surface area contributed by atoms with Crippen LogP contribution in [-0.2, 0) is 19.1 Å². The minimum Gasteiger partial charge on any atom is -0.484 e. The third-order valence-corrected chi connectivity index (χ3v) is 3.45. The maximum Gasteiger partial charge on any atom is 0.307 e. The van der Waals surface area contributed by atoms with Gasteiger partial charge in [-0.3, -0.25) is 9.59 Å². The van der Waals surface area contributed by atoms with Gasteiger partial charge in [0.2, 0.25) is 0 Å². The Morgan fingerprint density at radius 3 is 2.50 bits per heavy atom. The molecule has 1 amide bonds. The number of ether oxygens (including phenoxy) is 3. The third-order valence-electron chi connectivity index (χ3n) is 3.20. The molecule has 0 heterocycles. The summed E-state index contributed by atoms with van der Waals surface area (Å²) in [4.78, 5) is 25.4. The molecule has 0 N–H and O–H groups in total. The van der Waals surface area contributed by atoms with E-state index in [-0.39, 0.29) is 24.9 Å². The minimum absolute atomic E-state index is 0.0998. The molecular weight excluding hydrogens is 334 g/mol. The summed E-state index contributed by atoms with van der Waals surface area (Å²) < 4.78 is 15.4. The highest BCUT2D eigenvalue weighted by atomic mass is 35.5. The van der Waals surface area contributed by atoms with Gasteiger partial charge in [-0.05, 0) is 37.6 Å². The number of nitrogens with zero attached hydrogens (tertiary/aromatic N) is 1. The second-order valence-electron chi connectivity index (χ2n) is 5.02. The molecule has 0 spiro atoms. The first-order chi connectivity index (χ1) is 11.6. The fraction of sp³-hybridized carbons (Fsp3) is 0.529. The van der Waals surface area contributed by atoms with Gasteiger partial charge in [0.1, 0.15) is 5.75 Å². The van der Waals surface area contributed by atoms with Gasteiger partial charge in [-0.15, -0.1) is 0 Å². The van der Waals surface area contributed by atoms with Crippen molar-refractivity contribution in [3.8, 4) is 5.75 Å². The number of esters is 1. The number of benzene rings is 1. The summed E-state index contributed by atoms with van der Waals surface area (Å²) in [5.74, 6) is 0.0565. The summed E-state index contributed by atoms with van der Waals surface area (Å²) in [6.45, 7) is 3.32. The first kappa shape index (κ1) is 20.3. The predicted octanol–water partition coefficient (Wildman–Crippen LogP) is 2.54. The Kier molecular flexibility index (Phi) is 9.88. The predicted molar refractivity (Wildman–Crippen MR) is 91.3 cm³/mol. The van der Waals surface area contributed by atoms with Crippen LogP contribution in [0.15, 0.2) is 24.3 Å². The number of rotatable bonds is 11. The molecule has 24 heavy (non-hydrogen) atoms. The van der Waals surface area contributed by atoms with Crippen LogP contribution in [-0.4, -0.2) is 56.8 Å². The van der Waals surface area contributed by atoms with E-state index in [2.05, 4.69) is 0 Å². The Morgan fingerprint density at radius 1 is 1.17 bits per heavy atom. The fourth-order valence-corrected chi connectivity index (χ4v) is 2.11. The van der Waals surface area contributed by atoms with E-state index < -0.39 is 0 Å². The van der Waals surface area contributed by atoms with E-state index >= 15 is 0 Å². The summed E-state index contributed by atoms with van der Waals surface area (Å²) in [6.07, 6.45) is 0.847. The van der Waals surface area contributed by atoms with Gasteiger partial charge in [0.15, 0.2) is 6.61 Å². The molecule has 0 aromatic heterocycles. The first-order valence-corrected chi connectivity index (χ1v) is 8.25. The van der Waals surface area contributed by atoms with Crippen LogP contribution in [0.25, 0.3) is 0 Å². The molecule has 0 unspecified atom stereocenters. The molecular formula is C17H24ClNO5. The Morgan fingerprint density at radius 2 is 1.88 bits per heavy atom. The van der Waals surface area contributed by atoms with Crippen LogP contribution >= 0.6 is 11.6 Å². The molecule has 0 bridgehead atoms. The minimum atomic E-state index is -0.319. The number of amides is 1. The molecule has 0 aliphatic carbocycles. The normalized spacial score (nSPS) is 10.3. The van der Waals surface area contributed by atoms with E-state index in [1.807, 2.05) is 0 Å². The quantitative estimate of drug-likeness (QED) is 0.450. The average molecular weight is 358 g/mol. The van der Waals surface area contributed by atoms with Gasteiger partial charge >= 0.3 is 5.97 Å². The number of hydrogen-bond donors (Lipinski definition) is 0. The van der Waals surface area contributed by atoms with Gasteiger partial charge in [0, 0.05) is 31.8 Å². The van der Waals surface area contributed by atoms with Gasteiger partial charge in [-0.2, -0.15) is 0 Å². The standard InChI is InChI=1S/C17H24ClNO5/c1-3-23-17(21)9-11-19(10-4-12-22-2)16(20)13-24-15-7-5-14(18)6-8-15/h5-8H,3-4,9-13H2,1-2H3. The van der Waals surface area contributed by atoms with Crippen molar-refractivity contribution in [2.24, 2.45) is 0 Å². The monoisotopic (exact) mass is 357 g/mol. The van der Waals surface area contributed by atoms with Crippen LogP contribution in [0.4, 0.5) is 0 Å². The Hall–Kier alpha value is -1.79. The SMILES string of the molecule is CCOC(=O)CCN(CCCOC)C(=O)COc1ccc(Cl)cc1. The summed E-state index contributed by atoms with van der Waals surface area (Å²) in [5, 5.41) is 0.601. The number of hydrogen-bond acceptors (Lipinski definition) is 5. The molecule has 6 nitrogen and oxygen atoms in total. The summed E-state index contributed by atoms with van der Waals surface area (Å²) in [7, 11) is 1.61. The van der Waals surface area contributed by atoms with Crippen molar-refractivity contribution in [2.75, 3.05) is 40.0 Å². The van der Waals surface area contributed by atoms with E-state index in [0.29, 0.717) is 43.5 Å². The van der Waals surface area contributed by atoms with Crippen molar-refractivity contribution in [3.05, 3.63) is 29.3 Å². The van der Waals surface area contributed by atoms with Crippen LogP contribution in [0.3, 0.4) is 0 Å². The van der Waals surface area contributed by atoms with Crippen molar-refractivity contribution in [1.29, 1.82) is 0 Å². The molecule has 1 aromatic rings. The molecule has 134 valence electrons. The van der Waals surface area contributed by atoms with Gasteiger partial charge < -0.3 is 19.1 Å². The van der Waals surface area contributed by atoms with Gasteiger partial charge in [-0.25, -0.2) is 0 Å². The van der Waals surface area contributed by atoms with Gasteiger partial charge in [0.05, 0.1) is 13.0 Å². The summed E-state index contributed by atoms with van der Waals surface area (Å²) in [5.41, 5.74) is 0. The first-order valence-electron chi connectivity index (χ1n) is 7.87. The second kappa shape index (κ2) is 11.7. The summed E-state index contributed by atoms with van der Waals surface area (Å²) >= 11 is 5.81. The molecule has 0 saturated heterocycles. The molecule has 7 heteroatoms. The Labute approximate surface area is 147 Å². The van der Waals surface area contributed by atoms with Crippen molar-refractivity contribution >= 4 is 23.5 Å². The number of carbonyl (C=O) groups is 2. The molecule has 1 rings (SSSR count). The van der Waals surface area contributed by atoms with Crippen LogP contribution in [0.5, 0.6) is 5.75 Å². The van der Waals surface area contributed by atoms with Crippen molar-refractivity contribution in [2.45, 2.75) is 19.8 Å². The third kappa shape index (κ3) is 8.17. The lowest BCUT2D eigenvalue weighted by molar-refractivity contribution is -0.144. The molecule has 0 saturated carbocycles. The maximum absolute atomic E-state index is 12.3. The highest BCUT2D eigenvalue weighted by Crippen LogP contribution is 2.15. The van der Waals surface area contributed by atoms with Crippen LogP contribution in [0, 0.1) is 0 Å². The van der Waals surface area contributed by atoms with Crippen molar-refractivity contribution in [1.82, 2.24) is 4.90 Å². The number of carbonyl (C=O) groups excluding carboxylic acids is 2. The second-order valence-corrected chi connectivity index (χ2v) is 5.46. The zero-order valence-electron chi connectivity index (χ0n) is 14.1. The number of methoxy groups -OCH3 is 1. The molecule has 0 aliphatic heterocycles. The Balaban J connectivity index is 2.51. The molecule has 0 radical (unpaired) electrons. The number of halogens is 1. The van der Waals surface area contributed by atoms with Gasteiger partial charge in [0.25, 0.3) is 5.91 Å². The van der Waals surface area contributed by atoms with Crippen molar-refractivity contribution < 1.29 is 23.8 Å². The highest BCUT2D eigenvalue weighted by molar-refractivity contribution is 6.30. The average Bonchev–Trinajstić information content (AvgIpc) is 2.57. The van der Waals surface area contributed by atoms with Crippen LogP contribution < -0.4 is 4.74 Å². The molecule has 0 atom stereocenters. The van der Waals surface area contributed by atoms with Gasteiger partial charge in [-0.1, -0.05) is 11.6 Å². The summed E-state index contributed by atoms with van der Waals surface area (Å²) in [6, 6.07) is 6.78. The van der Waals surface area contributed by atoms with Crippen molar-refractivity contribution in [3.63, 3.8) is 0 Å². The molecule has 1 aromatic carbocycles. The van der Waals surface area contributed by atoms with E-state index in [0.717, 1.165) is 0 Å². The largest absolute Gasteiger partial charge is 0.484 e. The zero-order valence-corrected chi connectivity index (χ0v) is 14.9. The van der Waals surface area contributed by atoms with E-state index in [9.17, 15) is 9.59 Å². The van der Waals surface area contributed by atoms with E-state index in [1.165, 1.54) is 0 Å². The zero-order chi connectivity index (χ0) is 17.8. The van der Waals surface area contributed by atoms with E-state index in [1.54, 1.807) is 43.2 Å². The lowest BCUT2D eigenvalue weighted by Crippen LogP contribution is -2.37. The lowest BCUT2D eigenvalue weighted by atomic mass is 10.3. The fourth-order valence-electron chi connectivity index (χ4n) is 1.99. The van der Waals surface area contributed by atoms with Crippen LogP contribution in [0.2, 0.25) is 5.02 Å². The molecule has 0 fully saturated rings.